The van der Waals surface area contributed by atoms with E-state index in [1.54, 1.807) is 0 Å². The van der Waals surface area contributed by atoms with Gasteiger partial charge in [-0.2, -0.15) is 0 Å². The first-order chi connectivity index (χ1) is 14.0. The molecule has 1 aliphatic rings. The van der Waals surface area contributed by atoms with Crippen LogP contribution in [0, 0.1) is 5.92 Å². The van der Waals surface area contributed by atoms with Crippen LogP contribution in [0.3, 0.4) is 0 Å². The summed E-state index contributed by atoms with van der Waals surface area (Å²) in [6, 6.07) is 19.6. The van der Waals surface area contributed by atoms with Crippen LogP contribution in [0.2, 0.25) is 0 Å². The summed E-state index contributed by atoms with van der Waals surface area (Å²) in [5.74, 6) is -0.943. The first-order valence-corrected chi connectivity index (χ1v) is 10.4. The van der Waals surface area contributed by atoms with Crippen LogP contribution in [0.25, 0.3) is 0 Å². The second-order valence-corrected chi connectivity index (χ2v) is 7.99. The summed E-state index contributed by atoms with van der Waals surface area (Å²) < 4.78 is 0. The molecule has 1 saturated heterocycles. The molecule has 0 saturated carbocycles. The third-order valence-electron chi connectivity index (χ3n) is 5.76. The van der Waals surface area contributed by atoms with Crippen molar-refractivity contribution in [1.82, 2.24) is 10.2 Å². The Labute approximate surface area is 172 Å². The van der Waals surface area contributed by atoms with Gasteiger partial charge in [-0.3, -0.25) is 9.59 Å². The highest BCUT2D eigenvalue weighted by Crippen LogP contribution is 2.22. The Morgan fingerprint density at radius 2 is 1.76 bits per heavy atom. The Kier molecular flexibility index (Phi) is 7.42. The van der Waals surface area contributed by atoms with Crippen molar-refractivity contribution in [3.05, 3.63) is 71.8 Å². The van der Waals surface area contributed by atoms with Crippen LogP contribution in [0.5, 0.6) is 0 Å². The first kappa shape index (κ1) is 21.1. The number of aliphatic carboxylic acids is 1. The van der Waals surface area contributed by atoms with E-state index < -0.39 is 11.9 Å². The maximum atomic E-state index is 12.4. The van der Waals surface area contributed by atoms with Gasteiger partial charge in [0.15, 0.2) is 0 Å². The zero-order valence-electron chi connectivity index (χ0n) is 17.0. The van der Waals surface area contributed by atoms with Crippen molar-refractivity contribution in [1.29, 1.82) is 0 Å². The van der Waals surface area contributed by atoms with Crippen LogP contribution in [-0.2, 0) is 16.0 Å². The smallest absolute Gasteiger partial charge is 0.312 e. The number of amides is 1. The third kappa shape index (κ3) is 6.16. The lowest BCUT2D eigenvalue weighted by Gasteiger charge is -2.38. The fraction of sp³-hybridized carbons (Fsp3) is 0.417. The Morgan fingerprint density at radius 3 is 2.38 bits per heavy atom. The minimum Gasteiger partial charge on any atom is -0.481 e. The zero-order chi connectivity index (χ0) is 20.6. The number of carboxylic acids is 1. The van der Waals surface area contributed by atoms with Gasteiger partial charge in [0.1, 0.15) is 0 Å². The SMILES string of the molecule is C[C@@H]1CN(CC(C(=O)O)c2ccccc2)CC[C@@H]1NC(=O)CCc1ccccc1. The minimum absolute atomic E-state index is 0.0897. The molecule has 1 unspecified atom stereocenters. The van der Waals surface area contributed by atoms with E-state index in [0.717, 1.165) is 31.5 Å². The maximum absolute atomic E-state index is 12.4. The Balaban J connectivity index is 1.48. The molecule has 154 valence electrons. The van der Waals surface area contributed by atoms with Crippen LogP contribution in [0.1, 0.15) is 36.8 Å². The highest BCUT2D eigenvalue weighted by molar-refractivity contribution is 5.77. The molecule has 0 spiro atoms. The van der Waals surface area contributed by atoms with E-state index in [0.29, 0.717) is 13.0 Å². The molecule has 1 heterocycles. The molecule has 0 aliphatic carbocycles. The lowest BCUT2D eigenvalue weighted by atomic mass is 9.91. The van der Waals surface area contributed by atoms with E-state index in [2.05, 4.69) is 17.1 Å². The average Bonchev–Trinajstić information content (AvgIpc) is 2.73. The number of aryl methyl sites for hydroxylation is 1. The molecule has 0 radical (unpaired) electrons. The molecule has 2 aromatic carbocycles. The lowest BCUT2D eigenvalue weighted by molar-refractivity contribution is -0.139. The molecule has 2 N–H and O–H groups in total. The normalized spacial score (nSPS) is 20.7. The third-order valence-corrected chi connectivity index (χ3v) is 5.76. The van der Waals surface area contributed by atoms with Crippen LogP contribution >= 0.6 is 0 Å². The number of nitrogens with one attached hydrogen (secondary N) is 1. The van der Waals surface area contributed by atoms with E-state index in [-0.39, 0.29) is 17.9 Å². The zero-order valence-corrected chi connectivity index (χ0v) is 17.0. The summed E-state index contributed by atoms with van der Waals surface area (Å²) >= 11 is 0. The number of carboxylic acid groups (broad SMARTS) is 1. The number of rotatable bonds is 8. The molecule has 1 amide bonds. The van der Waals surface area contributed by atoms with Crippen molar-refractivity contribution in [3.8, 4) is 0 Å². The van der Waals surface area contributed by atoms with Gasteiger partial charge in [-0.1, -0.05) is 67.6 Å². The van der Waals surface area contributed by atoms with Crippen molar-refractivity contribution in [2.24, 2.45) is 5.92 Å². The minimum atomic E-state index is -0.791. The molecule has 1 aliphatic heterocycles. The summed E-state index contributed by atoms with van der Waals surface area (Å²) in [4.78, 5) is 26.3. The molecular formula is C24H30N2O3. The maximum Gasteiger partial charge on any atom is 0.312 e. The second kappa shape index (κ2) is 10.2. The molecule has 3 rings (SSSR count). The van der Waals surface area contributed by atoms with Gasteiger partial charge in [-0.05, 0) is 29.9 Å². The monoisotopic (exact) mass is 394 g/mol. The van der Waals surface area contributed by atoms with Gasteiger partial charge in [0.05, 0.1) is 5.92 Å². The van der Waals surface area contributed by atoms with E-state index in [4.69, 9.17) is 0 Å². The fourth-order valence-electron chi connectivity index (χ4n) is 4.06. The quantitative estimate of drug-likeness (QED) is 0.721. The van der Waals surface area contributed by atoms with Crippen LogP contribution in [0.15, 0.2) is 60.7 Å². The lowest BCUT2D eigenvalue weighted by Crippen LogP contribution is -2.51. The molecule has 0 bridgehead atoms. The Bertz CT molecular complexity index is 794. The van der Waals surface area contributed by atoms with Gasteiger partial charge in [0.2, 0.25) is 5.91 Å². The molecule has 1 fully saturated rings. The van der Waals surface area contributed by atoms with Gasteiger partial charge in [-0.25, -0.2) is 0 Å². The number of hydrogen-bond donors (Lipinski definition) is 2. The summed E-state index contributed by atoms with van der Waals surface area (Å²) in [6.45, 7) is 4.22. The predicted molar refractivity (Wildman–Crippen MR) is 114 cm³/mol. The molecule has 29 heavy (non-hydrogen) atoms. The van der Waals surface area contributed by atoms with Crippen molar-refractivity contribution in [2.75, 3.05) is 19.6 Å². The number of likely N-dealkylation sites (tertiary alicyclic amines) is 1. The fourth-order valence-corrected chi connectivity index (χ4v) is 4.06. The van der Waals surface area contributed by atoms with E-state index in [1.165, 1.54) is 5.56 Å². The summed E-state index contributed by atoms with van der Waals surface area (Å²) in [5.41, 5.74) is 2.01. The summed E-state index contributed by atoms with van der Waals surface area (Å²) in [5, 5.41) is 12.8. The number of piperidine rings is 1. The molecule has 2 aromatic rings. The van der Waals surface area contributed by atoms with E-state index in [9.17, 15) is 14.7 Å². The number of carbonyl (C=O) groups excluding carboxylic acids is 1. The Morgan fingerprint density at radius 1 is 1.10 bits per heavy atom. The van der Waals surface area contributed by atoms with Crippen molar-refractivity contribution >= 4 is 11.9 Å². The predicted octanol–water partition coefficient (Wildman–Crippen LogP) is 3.31. The average molecular weight is 395 g/mol. The van der Waals surface area contributed by atoms with Gasteiger partial charge >= 0.3 is 5.97 Å². The van der Waals surface area contributed by atoms with Gasteiger partial charge in [0.25, 0.3) is 0 Å². The van der Waals surface area contributed by atoms with Gasteiger partial charge in [0, 0.05) is 32.1 Å². The number of nitrogens with zero attached hydrogens (tertiary/aromatic N) is 1. The molecule has 3 atom stereocenters. The van der Waals surface area contributed by atoms with Crippen LogP contribution in [0.4, 0.5) is 0 Å². The second-order valence-electron chi connectivity index (χ2n) is 7.99. The first-order valence-electron chi connectivity index (χ1n) is 10.4. The number of carbonyl (C=O) groups is 2. The van der Waals surface area contributed by atoms with Crippen LogP contribution in [-0.4, -0.2) is 47.6 Å². The topological polar surface area (TPSA) is 69.6 Å². The Hall–Kier alpha value is -2.66. The molecule has 0 aromatic heterocycles. The highest BCUT2D eigenvalue weighted by atomic mass is 16.4. The molecule has 5 heteroatoms. The van der Waals surface area contributed by atoms with E-state index >= 15 is 0 Å². The molecular weight excluding hydrogens is 364 g/mol. The largest absolute Gasteiger partial charge is 0.481 e. The van der Waals surface area contributed by atoms with Gasteiger partial charge in [-0.15, -0.1) is 0 Å². The van der Waals surface area contributed by atoms with Crippen molar-refractivity contribution in [2.45, 2.75) is 38.1 Å². The summed E-state index contributed by atoms with van der Waals surface area (Å²) in [7, 11) is 0. The summed E-state index contributed by atoms with van der Waals surface area (Å²) in [6.07, 6.45) is 2.09. The van der Waals surface area contributed by atoms with Crippen molar-refractivity contribution < 1.29 is 14.7 Å². The van der Waals surface area contributed by atoms with Gasteiger partial charge < -0.3 is 15.3 Å². The van der Waals surface area contributed by atoms with Crippen molar-refractivity contribution in [3.63, 3.8) is 0 Å². The standard InChI is InChI=1S/C24H30N2O3/c1-18-16-26(17-21(24(28)29)20-10-6-3-7-11-20)15-14-22(18)25-23(27)13-12-19-8-4-2-5-9-19/h2-11,18,21-22H,12-17H2,1H3,(H,25,27)(H,28,29)/t18-,21?,22+/m1/s1. The van der Waals surface area contributed by atoms with E-state index in [1.807, 2.05) is 60.7 Å². The number of benzene rings is 2. The molecule has 5 nitrogen and oxygen atoms in total. The number of hydrogen-bond acceptors (Lipinski definition) is 3. The highest BCUT2D eigenvalue weighted by Gasteiger charge is 2.30. The van der Waals surface area contributed by atoms with Crippen LogP contribution < -0.4 is 5.32 Å².